The van der Waals surface area contributed by atoms with Gasteiger partial charge in [-0.15, -0.1) is 0 Å². The Balaban J connectivity index is 4.30. The highest BCUT2D eigenvalue weighted by molar-refractivity contribution is 7.47. The molecule has 0 heterocycles. The first kappa shape index (κ1) is 50.2. The van der Waals surface area contributed by atoms with Gasteiger partial charge in [-0.05, 0) is 38.5 Å². The number of phosphoric ester groups is 1. The van der Waals surface area contributed by atoms with Crippen molar-refractivity contribution in [3.8, 4) is 0 Å². The molecule has 306 valence electrons. The molecule has 12 heteroatoms. The fourth-order valence-electron chi connectivity index (χ4n) is 5.71. The maximum absolute atomic E-state index is 12.6. The van der Waals surface area contributed by atoms with Gasteiger partial charge in [-0.25, -0.2) is 4.57 Å². The van der Waals surface area contributed by atoms with E-state index >= 15 is 0 Å². The Morgan fingerprint density at radius 1 is 0.577 bits per heavy atom. The lowest BCUT2D eigenvalue weighted by Gasteiger charge is -2.20. The van der Waals surface area contributed by atoms with Crippen LogP contribution in [0.5, 0.6) is 0 Å². The molecule has 0 saturated heterocycles. The minimum absolute atomic E-state index is 0.163. The first-order chi connectivity index (χ1) is 25.1. The lowest BCUT2D eigenvalue weighted by molar-refractivity contribution is -0.161. The molecule has 0 amide bonds. The molecule has 0 spiro atoms. The average molecular weight is 762 g/mol. The number of carbonyl (C=O) groups excluding carboxylic acids is 2. The zero-order chi connectivity index (χ0) is 38.5. The van der Waals surface area contributed by atoms with Gasteiger partial charge in [0.05, 0.1) is 13.2 Å². The predicted octanol–water partition coefficient (Wildman–Crippen LogP) is 10.5. The number of phosphoric acid groups is 1. The Bertz CT molecular complexity index is 947. The molecule has 0 aliphatic carbocycles. The van der Waals surface area contributed by atoms with E-state index in [1.54, 1.807) is 0 Å². The highest BCUT2D eigenvalue weighted by Gasteiger charge is 2.28. The van der Waals surface area contributed by atoms with E-state index in [9.17, 15) is 23.8 Å². The molecule has 0 saturated carbocycles. The second-order valence-corrected chi connectivity index (χ2v) is 15.6. The highest BCUT2D eigenvalue weighted by Crippen LogP contribution is 2.43. The van der Waals surface area contributed by atoms with Gasteiger partial charge in [0, 0.05) is 12.8 Å². The van der Waals surface area contributed by atoms with Crippen molar-refractivity contribution in [2.24, 2.45) is 5.73 Å². The Labute approximate surface area is 316 Å². The van der Waals surface area contributed by atoms with E-state index in [2.05, 4.69) is 30.5 Å². The van der Waals surface area contributed by atoms with Crippen molar-refractivity contribution in [3.05, 3.63) is 12.2 Å². The van der Waals surface area contributed by atoms with Crippen LogP contribution in [-0.2, 0) is 37.5 Å². The summed E-state index contributed by atoms with van der Waals surface area (Å²) in [5, 5.41) is 8.86. The second-order valence-electron chi connectivity index (χ2n) is 14.1. The molecule has 0 aliphatic heterocycles. The Morgan fingerprint density at radius 3 is 1.40 bits per heavy atom. The zero-order valence-electron chi connectivity index (χ0n) is 32.9. The Morgan fingerprint density at radius 2 is 0.962 bits per heavy atom. The maximum Gasteiger partial charge on any atom is 0.472 e. The van der Waals surface area contributed by atoms with Crippen molar-refractivity contribution in [2.45, 2.75) is 206 Å². The number of ether oxygens (including phenoxy) is 2. The van der Waals surface area contributed by atoms with Gasteiger partial charge in [0.25, 0.3) is 0 Å². The van der Waals surface area contributed by atoms with Crippen LogP contribution in [0.1, 0.15) is 194 Å². The van der Waals surface area contributed by atoms with Crippen molar-refractivity contribution in [3.63, 3.8) is 0 Å². The molecule has 0 bridgehead atoms. The SMILES string of the molecule is CCCCCCCC/C=C/CCCCCCCCCCCC(=O)O[C@@H](COC(=O)CCCCCCCCCCC)COP(=O)(O)OC[C@H](N)C(=O)O. The molecule has 0 aromatic carbocycles. The molecule has 4 N–H and O–H groups in total. The maximum atomic E-state index is 12.6. The minimum atomic E-state index is -4.70. The van der Waals surface area contributed by atoms with Crippen LogP contribution >= 0.6 is 7.82 Å². The number of esters is 2. The van der Waals surface area contributed by atoms with Crippen molar-refractivity contribution in [1.82, 2.24) is 0 Å². The van der Waals surface area contributed by atoms with Crippen LogP contribution in [0.2, 0.25) is 0 Å². The lowest BCUT2D eigenvalue weighted by Crippen LogP contribution is -2.34. The summed E-state index contributed by atoms with van der Waals surface area (Å²) in [7, 11) is -4.70. The zero-order valence-corrected chi connectivity index (χ0v) is 33.8. The largest absolute Gasteiger partial charge is 0.480 e. The number of carboxylic acids is 1. The minimum Gasteiger partial charge on any atom is -0.480 e. The van der Waals surface area contributed by atoms with Crippen LogP contribution in [0.25, 0.3) is 0 Å². The van der Waals surface area contributed by atoms with E-state index in [4.69, 9.17) is 24.8 Å². The summed E-state index contributed by atoms with van der Waals surface area (Å²) in [6.07, 6.45) is 34.3. The molecular formula is C40H76NO10P. The van der Waals surface area contributed by atoms with E-state index in [-0.39, 0.29) is 19.4 Å². The topological polar surface area (TPSA) is 172 Å². The number of hydrogen-bond acceptors (Lipinski definition) is 9. The van der Waals surface area contributed by atoms with Crippen LogP contribution in [0.15, 0.2) is 12.2 Å². The first-order valence-corrected chi connectivity index (χ1v) is 22.2. The van der Waals surface area contributed by atoms with Gasteiger partial charge in [-0.2, -0.15) is 0 Å². The third-order valence-electron chi connectivity index (χ3n) is 9.01. The van der Waals surface area contributed by atoms with Crippen LogP contribution in [0.4, 0.5) is 0 Å². The summed E-state index contributed by atoms with van der Waals surface area (Å²) in [6.45, 7) is 2.78. The van der Waals surface area contributed by atoms with E-state index in [1.165, 1.54) is 116 Å². The Kier molecular flexibility index (Phi) is 35.0. The van der Waals surface area contributed by atoms with Gasteiger partial charge in [-0.3, -0.25) is 23.4 Å². The third-order valence-corrected chi connectivity index (χ3v) is 9.96. The van der Waals surface area contributed by atoms with Gasteiger partial charge < -0.3 is 25.2 Å². The van der Waals surface area contributed by atoms with Gasteiger partial charge in [0.15, 0.2) is 6.10 Å². The van der Waals surface area contributed by atoms with E-state index in [0.29, 0.717) is 12.8 Å². The standard InChI is InChI=1S/C40H76NO10P/c1-3-5-7-9-11-13-14-15-16-17-18-19-20-21-22-24-26-28-30-32-39(43)51-36(34-49-52(46,47)50-35-37(41)40(44)45)33-48-38(42)31-29-27-25-23-12-10-8-6-4-2/h15-16,36-37H,3-14,17-35,41H2,1-2H3,(H,44,45)(H,46,47)/b16-15+/t36-,37-/m0/s1. The molecule has 1 unspecified atom stereocenters. The van der Waals surface area contributed by atoms with Crippen LogP contribution in [0.3, 0.4) is 0 Å². The molecule has 11 nitrogen and oxygen atoms in total. The molecule has 3 atom stereocenters. The molecule has 0 aromatic heterocycles. The number of aliphatic carboxylic acids is 1. The van der Waals surface area contributed by atoms with Crippen molar-refractivity contribution in [2.75, 3.05) is 19.8 Å². The normalized spacial score (nSPS) is 13.9. The van der Waals surface area contributed by atoms with Crippen LogP contribution in [0, 0.1) is 0 Å². The number of nitrogens with two attached hydrogens (primary N) is 1. The average Bonchev–Trinajstić information content (AvgIpc) is 3.12. The lowest BCUT2D eigenvalue weighted by atomic mass is 10.1. The molecule has 52 heavy (non-hydrogen) atoms. The summed E-state index contributed by atoms with van der Waals surface area (Å²) in [5.74, 6) is -2.37. The second kappa shape index (κ2) is 36.2. The van der Waals surface area contributed by atoms with E-state index < -0.39 is 51.1 Å². The predicted molar refractivity (Wildman–Crippen MR) is 208 cm³/mol. The monoisotopic (exact) mass is 762 g/mol. The summed E-state index contributed by atoms with van der Waals surface area (Å²) in [6, 6.07) is -1.52. The van der Waals surface area contributed by atoms with Gasteiger partial charge >= 0.3 is 25.7 Å². The smallest absolute Gasteiger partial charge is 0.472 e. The van der Waals surface area contributed by atoms with Crippen LogP contribution < -0.4 is 5.73 Å². The molecule has 0 radical (unpaired) electrons. The number of allylic oxidation sites excluding steroid dienone is 2. The fourth-order valence-corrected chi connectivity index (χ4v) is 6.48. The van der Waals surface area contributed by atoms with Crippen molar-refractivity contribution >= 4 is 25.7 Å². The fraction of sp³-hybridized carbons (Fsp3) is 0.875. The van der Waals surface area contributed by atoms with Gasteiger partial charge in [0.1, 0.15) is 12.6 Å². The summed E-state index contributed by atoms with van der Waals surface area (Å²) in [5.41, 5.74) is 5.32. The Hall–Kier alpha value is -1.78. The molecular weight excluding hydrogens is 685 g/mol. The summed E-state index contributed by atoms with van der Waals surface area (Å²) in [4.78, 5) is 45.7. The number of unbranched alkanes of at least 4 members (excludes halogenated alkanes) is 23. The van der Waals surface area contributed by atoms with Crippen molar-refractivity contribution < 1.29 is 47.5 Å². The number of hydrogen-bond donors (Lipinski definition) is 3. The first-order valence-electron chi connectivity index (χ1n) is 20.7. The van der Waals surface area contributed by atoms with E-state index in [1.807, 2.05) is 0 Å². The third kappa shape index (κ3) is 35.3. The van der Waals surface area contributed by atoms with Crippen LogP contribution in [-0.4, -0.2) is 59.9 Å². The summed E-state index contributed by atoms with van der Waals surface area (Å²) >= 11 is 0. The number of carboxylic acid groups (broad SMARTS) is 1. The number of rotatable bonds is 39. The summed E-state index contributed by atoms with van der Waals surface area (Å²) < 4.78 is 32.6. The molecule has 0 rings (SSSR count). The quantitative estimate of drug-likeness (QED) is 0.0235. The van der Waals surface area contributed by atoms with Gasteiger partial charge in [0.2, 0.25) is 0 Å². The van der Waals surface area contributed by atoms with E-state index in [0.717, 1.165) is 38.5 Å². The number of carbonyl (C=O) groups is 3. The molecule has 0 aliphatic rings. The molecule has 0 aromatic rings. The highest BCUT2D eigenvalue weighted by atomic mass is 31.2. The molecule has 0 fully saturated rings. The van der Waals surface area contributed by atoms with Crippen molar-refractivity contribution in [1.29, 1.82) is 0 Å². The van der Waals surface area contributed by atoms with Gasteiger partial charge in [-0.1, -0.05) is 154 Å².